The number of ether oxygens (including phenoxy) is 2. The average Bonchev–Trinajstić information content (AvgIpc) is 2.67. The first kappa shape index (κ1) is 20.0. The van der Waals surface area contributed by atoms with Crippen molar-refractivity contribution in [1.29, 1.82) is 0 Å². The van der Waals surface area contributed by atoms with Crippen LogP contribution < -0.4 is 20.7 Å². The lowest BCUT2D eigenvalue weighted by Crippen LogP contribution is -2.33. The van der Waals surface area contributed by atoms with Crippen molar-refractivity contribution < 1.29 is 14.6 Å². The Labute approximate surface area is 156 Å². The van der Waals surface area contributed by atoms with Crippen molar-refractivity contribution in [2.24, 2.45) is 4.99 Å². The number of rotatable bonds is 8. The van der Waals surface area contributed by atoms with Gasteiger partial charge in [-0.2, -0.15) is 0 Å². The van der Waals surface area contributed by atoms with E-state index in [0.717, 1.165) is 10.1 Å². The molecule has 27 heavy (non-hydrogen) atoms. The maximum Gasteiger partial charge on any atom is 0.331 e. The molecule has 8 nitrogen and oxygen atoms in total. The zero-order chi connectivity index (χ0) is 20.0. The molecular weight excluding hydrogens is 350 g/mol. The van der Waals surface area contributed by atoms with Crippen LogP contribution in [0.3, 0.4) is 0 Å². The number of H-pyrrole nitrogens is 1. The van der Waals surface area contributed by atoms with E-state index in [9.17, 15) is 14.7 Å². The molecule has 8 heteroatoms. The van der Waals surface area contributed by atoms with Gasteiger partial charge in [0.15, 0.2) is 0 Å². The number of benzene rings is 1. The predicted molar refractivity (Wildman–Crippen MR) is 103 cm³/mol. The number of nitrogens with zero attached hydrogens (tertiary/aromatic N) is 2. The maximum atomic E-state index is 12.3. The van der Waals surface area contributed by atoms with Crippen LogP contribution in [0.5, 0.6) is 17.4 Å². The van der Waals surface area contributed by atoms with Gasteiger partial charge >= 0.3 is 5.69 Å². The minimum Gasteiger partial charge on any atom is -0.497 e. The SMILES string of the molecule is C=CCn1c(O)c(C(CC)=NCc2cc(OC)cc(OC)c2)c(=O)[nH]c1=O. The van der Waals surface area contributed by atoms with Crippen LogP contribution in [0, 0.1) is 0 Å². The Morgan fingerprint density at radius 1 is 1.26 bits per heavy atom. The van der Waals surface area contributed by atoms with Crippen molar-refractivity contribution in [2.45, 2.75) is 26.4 Å². The van der Waals surface area contributed by atoms with Gasteiger partial charge in [0, 0.05) is 12.6 Å². The first-order valence-electron chi connectivity index (χ1n) is 8.37. The molecule has 2 rings (SSSR count). The average molecular weight is 373 g/mol. The number of hydrogen-bond acceptors (Lipinski definition) is 6. The van der Waals surface area contributed by atoms with Gasteiger partial charge in [0.2, 0.25) is 5.88 Å². The van der Waals surface area contributed by atoms with E-state index in [2.05, 4.69) is 16.6 Å². The molecule has 0 aliphatic rings. The lowest BCUT2D eigenvalue weighted by Gasteiger charge is -2.11. The highest BCUT2D eigenvalue weighted by Gasteiger charge is 2.17. The zero-order valence-corrected chi connectivity index (χ0v) is 15.6. The third-order valence-corrected chi connectivity index (χ3v) is 3.97. The number of hydrogen-bond donors (Lipinski definition) is 2. The Morgan fingerprint density at radius 3 is 2.41 bits per heavy atom. The Kier molecular flexibility index (Phi) is 6.59. The topological polar surface area (TPSA) is 106 Å². The largest absolute Gasteiger partial charge is 0.497 e. The van der Waals surface area contributed by atoms with Gasteiger partial charge in [-0.3, -0.25) is 19.3 Å². The molecule has 2 aromatic rings. The standard InChI is InChI=1S/C19H23N3O5/c1-5-7-22-18(24)16(17(23)21-19(22)25)15(6-2)20-11-12-8-13(26-3)10-14(9-12)27-4/h5,8-10,24H,1,6-7,11H2,2-4H3,(H,21,23,25). The number of allylic oxidation sites excluding steroid dienone is 1. The van der Waals surface area contributed by atoms with Crippen LogP contribution in [-0.2, 0) is 13.1 Å². The Bertz CT molecular complexity index is 950. The minimum atomic E-state index is -0.700. The summed E-state index contributed by atoms with van der Waals surface area (Å²) >= 11 is 0. The molecule has 0 bridgehead atoms. The van der Waals surface area contributed by atoms with Crippen LogP contribution in [0.4, 0.5) is 0 Å². The fourth-order valence-corrected chi connectivity index (χ4v) is 2.63. The molecule has 0 radical (unpaired) electrons. The summed E-state index contributed by atoms with van der Waals surface area (Å²) in [6.45, 7) is 5.67. The van der Waals surface area contributed by atoms with E-state index in [-0.39, 0.29) is 18.7 Å². The van der Waals surface area contributed by atoms with Gasteiger partial charge in [-0.1, -0.05) is 13.0 Å². The first-order valence-corrected chi connectivity index (χ1v) is 8.37. The molecule has 1 heterocycles. The summed E-state index contributed by atoms with van der Waals surface area (Å²) in [7, 11) is 3.11. The van der Waals surface area contributed by atoms with E-state index in [0.29, 0.717) is 23.6 Å². The van der Waals surface area contributed by atoms with Crippen LogP contribution in [0.25, 0.3) is 0 Å². The van der Waals surface area contributed by atoms with Gasteiger partial charge in [0.05, 0.1) is 26.5 Å². The second-order valence-electron chi connectivity index (χ2n) is 5.69. The summed E-state index contributed by atoms with van der Waals surface area (Å²) in [6, 6.07) is 5.36. The number of methoxy groups -OCH3 is 2. The Hall–Kier alpha value is -3.29. The lowest BCUT2D eigenvalue weighted by atomic mass is 10.1. The summed E-state index contributed by atoms with van der Waals surface area (Å²) in [4.78, 5) is 30.8. The van der Waals surface area contributed by atoms with Gasteiger partial charge in [-0.15, -0.1) is 6.58 Å². The minimum absolute atomic E-state index is 0.0196. The summed E-state index contributed by atoms with van der Waals surface area (Å²) in [6.07, 6.45) is 1.85. The van der Waals surface area contributed by atoms with Crippen LogP contribution in [0.2, 0.25) is 0 Å². The number of aromatic nitrogens is 2. The van der Waals surface area contributed by atoms with Crippen LogP contribution in [0.15, 0.2) is 45.4 Å². The molecule has 0 unspecified atom stereocenters. The number of aromatic amines is 1. The molecule has 0 fully saturated rings. The molecule has 0 aliphatic heterocycles. The highest BCUT2D eigenvalue weighted by molar-refractivity contribution is 6.01. The summed E-state index contributed by atoms with van der Waals surface area (Å²) < 4.78 is 11.5. The predicted octanol–water partition coefficient (Wildman–Crippen LogP) is 1.84. The number of nitrogens with one attached hydrogen (secondary N) is 1. The third kappa shape index (κ3) is 4.46. The van der Waals surface area contributed by atoms with E-state index in [1.807, 2.05) is 19.1 Å². The van der Waals surface area contributed by atoms with Gasteiger partial charge < -0.3 is 14.6 Å². The lowest BCUT2D eigenvalue weighted by molar-refractivity contribution is 0.393. The van der Waals surface area contributed by atoms with Crippen molar-refractivity contribution in [3.05, 3.63) is 62.8 Å². The molecule has 1 aromatic heterocycles. The van der Waals surface area contributed by atoms with E-state index in [4.69, 9.17) is 9.47 Å². The first-order chi connectivity index (χ1) is 12.9. The number of aromatic hydroxyl groups is 1. The molecule has 0 saturated heterocycles. The fraction of sp³-hybridized carbons (Fsp3) is 0.316. The van der Waals surface area contributed by atoms with Gasteiger partial charge in [0.1, 0.15) is 17.1 Å². The normalized spacial score (nSPS) is 11.3. The van der Waals surface area contributed by atoms with E-state index < -0.39 is 17.1 Å². The van der Waals surface area contributed by atoms with Gasteiger partial charge in [-0.05, 0) is 24.1 Å². The van der Waals surface area contributed by atoms with Gasteiger partial charge in [0.25, 0.3) is 5.56 Å². The van der Waals surface area contributed by atoms with Crippen molar-refractivity contribution in [2.75, 3.05) is 14.2 Å². The third-order valence-electron chi connectivity index (χ3n) is 3.97. The summed E-state index contributed by atoms with van der Waals surface area (Å²) in [5, 5.41) is 10.4. The fourth-order valence-electron chi connectivity index (χ4n) is 2.63. The Balaban J connectivity index is 2.48. The van der Waals surface area contributed by atoms with Crippen LogP contribution in [0.1, 0.15) is 24.5 Å². The molecule has 144 valence electrons. The molecule has 0 atom stereocenters. The quantitative estimate of drug-likeness (QED) is 0.543. The van der Waals surface area contributed by atoms with E-state index in [1.165, 1.54) is 6.08 Å². The van der Waals surface area contributed by atoms with Crippen molar-refractivity contribution in [1.82, 2.24) is 9.55 Å². The second kappa shape index (κ2) is 8.88. The highest BCUT2D eigenvalue weighted by atomic mass is 16.5. The van der Waals surface area contributed by atoms with E-state index >= 15 is 0 Å². The highest BCUT2D eigenvalue weighted by Crippen LogP contribution is 2.23. The maximum absolute atomic E-state index is 12.3. The van der Waals surface area contributed by atoms with Crippen molar-refractivity contribution >= 4 is 5.71 Å². The van der Waals surface area contributed by atoms with E-state index in [1.54, 1.807) is 20.3 Å². The molecule has 1 aromatic carbocycles. The molecule has 0 saturated carbocycles. The molecule has 0 spiro atoms. The molecule has 0 aliphatic carbocycles. The zero-order valence-electron chi connectivity index (χ0n) is 15.6. The van der Waals surface area contributed by atoms with Gasteiger partial charge in [-0.25, -0.2) is 4.79 Å². The number of aliphatic imine (C=N–C) groups is 1. The van der Waals surface area contributed by atoms with Crippen molar-refractivity contribution in [3.63, 3.8) is 0 Å². The summed E-state index contributed by atoms with van der Waals surface area (Å²) in [5.74, 6) is 0.822. The second-order valence-corrected chi connectivity index (χ2v) is 5.69. The molecule has 0 amide bonds. The Morgan fingerprint density at radius 2 is 1.89 bits per heavy atom. The summed E-state index contributed by atoms with van der Waals surface area (Å²) in [5.41, 5.74) is -0.203. The molecule has 2 N–H and O–H groups in total. The van der Waals surface area contributed by atoms with Crippen LogP contribution in [-0.4, -0.2) is 34.6 Å². The smallest absolute Gasteiger partial charge is 0.331 e. The van der Waals surface area contributed by atoms with Crippen molar-refractivity contribution in [3.8, 4) is 17.4 Å². The van der Waals surface area contributed by atoms with Crippen LogP contribution >= 0.6 is 0 Å². The molecular formula is C19H23N3O5. The monoisotopic (exact) mass is 373 g/mol.